The van der Waals surface area contributed by atoms with E-state index < -0.39 is 5.60 Å². The van der Waals surface area contributed by atoms with Gasteiger partial charge < -0.3 is 10.4 Å². The second-order valence-electron chi connectivity index (χ2n) is 4.71. The predicted octanol–water partition coefficient (Wildman–Crippen LogP) is 1.63. The first kappa shape index (κ1) is 10.8. The number of aliphatic hydroxyl groups is 1. The first-order valence-electron chi connectivity index (χ1n) is 5.78. The summed E-state index contributed by atoms with van der Waals surface area (Å²) in [6.45, 7) is 3.36. The highest BCUT2D eigenvalue weighted by molar-refractivity contribution is 7.99. The Balaban J connectivity index is 1.96. The molecule has 2 nitrogen and oxygen atoms in total. The Morgan fingerprint density at radius 1 is 1.57 bits per heavy atom. The molecule has 3 heteroatoms. The Labute approximate surface area is 90.8 Å². The van der Waals surface area contributed by atoms with Gasteiger partial charge in [0.15, 0.2) is 0 Å². The molecule has 14 heavy (non-hydrogen) atoms. The van der Waals surface area contributed by atoms with Gasteiger partial charge >= 0.3 is 0 Å². The molecule has 0 aliphatic carbocycles. The zero-order valence-electron chi connectivity index (χ0n) is 8.96. The first-order valence-corrected chi connectivity index (χ1v) is 6.93. The number of hydrogen-bond donors (Lipinski definition) is 2. The third-order valence-corrected chi connectivity index (χ3v) is 4.97. The third-order valence-electron chi connectivity index (χ3n) is 3.77. The molecule has 0 saturated carbocycles. The molecule has 0 spiro atoms. The van der Waals surface area contributed by atoms with Crippen molar-refractivity contribution in [2.75, 3.05) is 18.1 Å². The number of thioether (sulfide) groups is 1. The molecule has 2 fully saturated rings. The Bertz CT molecular complexity index is 192. The van der Waals surface area contributed by atoms with Gasteiger partial charge in [0.05, 0.1) is 5.60 Å². The molecule has 2 aliphatic heterocycles. The summed E-state index contributed by atoms with van der Waals surface area (Å²) in [4.78, 5) is 0. The summed E-state index contributed by atoms with van der Waals surface area (Å²) in [5.74, 6) is 2.89. The van der Waals surface area contributed by atoms with Gasteiger partial charge in [-0.2, -0.15) is 11.8 Å². The van der Waals surface area contributed by atoms with Gasteiger partial charge in [-0.1, -0.05) is 13.3 Å². The highest BCUT2D eigenvalue weighted by Gasteiger charge is 2.41. The largest absolute Gasteiger partial charge is 0.387 e. The van der Waals surface area contributed by atoms with Crippen LogP contribution in [0.4, 0.5) is 0 Å². The summed E-state index contributed by atoms with van der Waals surface area (Å²) >= 11 is 1.89. The average Bonchev–Trinajstić information content (AvgIpc) is 2.67. The maximum atomic E-state index is 10.4. The molecule has 0 aromatic rings. The van der Waals surface area contributed by atoms with Gasteiger partial charge in [0, 0.05) is 11.8 Å². The van der Waals surface area contributed by atoms with Crippen molar-refractivity contribution in [1.29, 1.82) is 0 Å². The van der Waals surface area contributed by atoms with Crippen LogP contribution in [0.15, 0.2) is 0 Å². The molecule has 2 heterocycles. The molecular weight excluding hydrogens is 194 g/mol. The molecular formula is C11H21NOS. The van der Waals surface area contributed by atoms with Crippen molar-refractivity contribution in [2.24, 2.45) is 5.92 Å². The second-order valence-corrected chi connectivity index (χ2v) is 5.82. The molecule has 0 amide bonds. The van der Waals surface area contributed by atoms with Crippen molar-refractivity contribution in [3.05, 3.63) is 0 Å². The van der Waals surface area contributed by atoms with Crippen molar-refractivity contribution < 1.29 is 5.11 Å². The van der Waals surface area contributed by atoms with Crippen LogP contribution in [0.1, 0.15) is 32.6 Å². The smallest absolute Gasteiger partial charge is 0.0897 e. The van der Waals surface area contributed by atoms with Crippen molar-refractivity contribution >= 4 is 11.8 Å². The molecule has 2 aliphatic rings. The van der Waals surface area contributed by atoms with E-state index in [1.165, 1.54) is 19.3 Å². The van der Waals surface area contributed by atoms with Crippen LogP contribution in [-0.2, 0) is 0 Å². The fraction of sp³-hybridized carbons (Fsp3) is 1.00. The first-order chi connectivity index (χ1) is 6.74. The minimum atomic E-state index is -0.404. The lowest BCUT2D eigenvalue weighted by molar-refractivity contribution is 0.00832. The van der Waals surface area contributed by atoms with Crippen LogP contribution < -0.4 is 5.32 Å². The molecule has 2 rings (SSSR count). The number of piperidine rings is 1. The van der Waals surface area contributed by atoms with Crippen LogP contribution in [-0.4, -0.2) is 34.8 Å². The zero-order chi connectivity index (χ0) is 10.0. The normalized spacial score (nSPS) is 44.1. The molecule has 3 unspecified atom stereocenters. The van der Waals surface area contributed by atoms with Gasteiger partial charge in [-0.05, 0) is 37.5 Å². The van der Waals surface area contributed by atoms with Crippen molar-refractivity contribution in [2.45, 2.75) is 44.2 Å². The standard InChI is InChI=1S/C11H21NOS/c1-2-9-3-5-12-10(7-9)11(13)4-6-14-8-11/h9-10,12-13H,2-8H2,1H3. The Morgan fingerprint density at radius 3 is 3.07 bits per heavy atom. The van der Waals surface area contributed by atoms with Gasteiger partial charge in [0.2, 0.25) is 0 Å². The van der Waals surface area contributed by atoms with Gasteiger partial charge in [-0.3, -0.25) is 0 Å². The lowest BCUT2D eigenvalue weighted by Crippen LogP contribution is -2.54. The predicted molar refractivity (Wildman–Crippen MR) is 61.7 cm³/mol. The lowest BCUT2D eigenvalue weighted by Gasteiger charge is -2.38. The SMILES string of the molecule is CCC1CCNC(C2(O)CCSC2)C1. The van der Waals surface area contributed by atoms with Crippen LogP contribution in [0, 0.1) is 5.92 Å². The maximum absolute atomic E-state index is 10.4. The van der Waals surface area contributed by atoms with Gasteiger partial charge in [-0.25, -0.2) is 0 Å². The maximum Gasteiger partial charge on any atom is 0.0897 e. The monoisotopic (exact) mass is 215 g/mol. The minimum Gasteiger partial charge on any atom is -0.387 e. The Hall–Kier alpha value is 0.270. The number of hydrogen-bond acceptors (Lipinski definition) is 3. The van der Waals surface area contributed by atoms with Crippen molar-refractivity contribution in [3.63, 3.8) is 0 Å². The number of rotatable bonds is 2. The van der Waals surface area contributed by atoms with E-state index in [1.54, 1.807) is 0 Å². The molecule has 0 aromatic heterocycles. The van der Waals surface area contributed by atoms with Crippen LogP contribution >= 0.6 is 11.8 Å². The van der Waals surface area contributed by atoms with Crippen LogP contribution in [0.5, 0.6) is 0 Å². The molecule has 2 saturated heterocycles. The quantitative estimate of drug-likeness (QED) is 0.734. The van der Waals surface area contributed by atoms with E-state index in [2.05, 4.69) is 12.2 Å². The van der Waals surface area contributed by atoms with Crippen LogP contribution in [0.3, 0.4) is 0 Å². The highest BCUT2D eigenvalue weighted by atomic mass is 32.2. The van der Waals surface area contributed by atoms with E-state index in [-0.39, 0.29) is 0 Å². The molecule has 82 valence electrons. The Kier molecular flexibility index (Phi) is 3.40. The zero-order valence-corrected chi connectivity index (χ0v) is 9.78. The van der Waals surface area contributed by atoms with Gasteiger partial charge in [0.25, 0.3) is 0 Å². The van der Waals surface area contributed by atoms with Crippen LogP contribution in [0.2, 0.25) is 0 Å². The summed E-state index contributed by atoms with van der Waals surface area (Å²) in [6.07, 6.45) is 4.71. The molecule has 3 atom stereocenters. The molecule has 0 aromatic carbocycles. The fourth-order valence-electron chi connectivity index (χ4n) is 2.62. The summed E-state index contributed by atoms with van der Waals surface area (Å²) in [6, 6.07) is 0.358. The lowest BCUT2D eigenvalue weighted by atomic mass is 9.81. The van der Waals surface area contributed by atoms with E-state index >= 15 is 0 Å². The van der Waals surface area contributed by atoms with E-state index in [0.717, 1.165) is 30.4 Å². The van der Waals surface area contributed by atoms with Gasteiger partial charge in [0.1, 0.15) is 0 Å². The van der Waals surface area contributed by atoms with Crippen molar-refractivity contribution in [3.8, 4) is 0 Å². The van der Waals surface area contributed by atoms with E-state index in [1.807, 2.05) is 11.8 Å². The van der Waals surface area contributed by atoms with Gasteiger partial charge in [-0.15, -0.1) is 0 Å². The van der Waals surface area contributed by atoms with Crippen molar-refractivity contribution in [1.82, 2.24) is 5.32 Å². The Morgan fingerprint density at radius 2 is 2.43 bits per heavy atom. The average molecular weight is 215 g/mol. The number of nitrogens with one attached hydrogen (secondary N) is 1. The summed E-state index contributed by atoms with van der Waals surface area (Å²) in [5, 5.41) is 13.9. The minimum absolute atomic E-state index is 0.358. The van der Waals surface area contributed by atoms with Crippen LogP contribution in [0.25, 0.3) is 0 Å². The topological polar surface area (TPSA) is 32.3 Å². The molecule has 0 bridgehead atoms. The van der Waals surface area contributed by atoms with E-state index in [4.69, 9.17) is 0 Å². The summed E-state index contributed by atoms with van der Waals surface area (Å²) < 4.78 is 0. The summed E-state index contributed by atoms with van der Waals surface area (Å²) in [5.41, 5.74) is -0.404. The fourth-order valence-corrected chi connectivity index (χ4v) is 3.96. The molecule has 2 N–H and O–H groups in total. The van der Waals surface area contributed by atoms with E-state index in [0.29, 0.717) is 6.04 Å². The molecule has 0 radical (unpaired) electrons. The van der Waals surface area contributed by atoms with E-state index in [9.17, 15) is 5.11 Å². The summed E-state index contributed by atoms with van der Waals surface area (Å²) in [7, 11) is 0. The highest BCUT2D eigenvalue weighted by Crippen LogP contribution is 2.35. The third kappa shape index (κ3) is 2.10. The second kappa shape index (κ2) is 4.42.